The van der Waals surface area contributed by atoms with Gasteiger partial charge in [0.25, 0.3) is 0 Å². The largest absolute Gasteiger partial charge is 0.478 e. The minimum Gasteiger partial charge on any atom is -0.478 e. The Morgan fingerprint density at radius 3 is 2.56 bits per heavy atom. The van der Waals surface area contributed by atoms with Crippen molar-refractivity contribution in [2.45, 2.75) is 26.3 Å². The molecule has 3 aromatic rings. The van der Waals surface area contributed by atoms with Crippen LogP contribution in [0.2, 0.25) is 0 Å². The number of allylic oxidation sites excluding steroid dienone is 3. The standard InChI is InChI=1S/C28H29N3O3/c1-21-12-14-24(15-13-21)27(32)26-11-6-18-31(26)17-5-7-22(19-29)20-30-16-4-9-23-8-2-3-10-25(23)28(33)34/h2-3,5-8,10-15,18-20H,4,9,16-17,29H2,1H3,(H,33,34)/b7-5+,22-19?,30-20?. The first-order valence-corrected chi connectivity index (χ1v) is 11.2. The van der Waals surface area contributed by atoms with E-state index >= 15 is 0 Å². The van der Waals surface area contributed by atoms with Gasteiger partial charge in [0.15, 0.2) is 0 Å². The van der Waals surface area contributed by atoms with E-state index in [1.807, 2.05) is 78.4 Å². The van der Waals surface area contributed by atoms with Crippen molar-refractivity contribution in [3.8, 4) is 0 Å². The maximum atomic E-state index is 12.8. The quantitative estimate of drug-likeness (QED) is 0.187. The van der Waals surface area contributed by atoms with Crippen LogP contribution in [0, 0.1) is 6.92 Å². The fraction of sp³-hybridized carbons (Fsp3) is 0.179. The van der Waals surface area contributed by atoms with Gasteiger partial charge in [0.1, 0.15) is 0 Å². The first kappa shape index (κ1) is 24.5. The molecule has 6 heteroatoms. The van der Waals surface area contributed by atoms with E-state index in [1.165, 1.54) is 6.20 Å². The molecule has 0 saturated heterocycles. The Morgan fingerprint density at radius 2 is 1.82 bits per heavy atom. The van der Waals surface area contributed by atoms with Crippen molar-refractivity contribution in [2.24, 2.45) is 10.7 Å². The predicted molar refractivity (Wildman–Crippen MR) is 136 cm³/mol. The predicted octanol–water partition coefficient (Wildman–Crippen LogP) is 4.83. The highest BCUT2D eigenvalue weighted by atomic mass is 16.4. The second kappa shape index (κ2) is 12.2. The highest BCUT2D eigenvalue weighted by Crippen LogP contribution is 2.13. The molecule has 0 aliphatic carbocycles. The van der Waals surface area contributed by atoms with Gasteiger partial charge in [-0.05, 0) is 43.5 Å². The van der Waals surface area contributed by atoms with E-state index in [1.54, 1.807) is 18.3 Å². The van der Waals surface area contributed by atoms with Crippen LogP contribution >= 0.6 is 0 Å². The molecule has 3 rings (SSSR count). The van der Waals surface area contributed by atoms with Crippen molar-refractivity contribution >= 4 is 18.0 Å². The fourth-order valence-corrected chi connectivity index (χ4v) is 3.55. The molecule has 0 aliphatic rings. The van der Waals surface area contributed by atoms with Crippen molar-refractivity contribution in [3.05, 3.63) is 119 Å². The number of benzene rings is 2. The van der Waals surface area contributed by atoms with E-state index in [9.17, 15) is 14.7 Å². The van der Waals surface area contributed by atoms with Crippen LogP contribution < -0.4 is 5.73 Å². The molecule has 174 valence electrons. The van der Waals surface area contributed by atoms with Crippen LogP contribution in [0.3, 0.4) is 0 Å². The number of carboxylic acids is 1. The SMILES string of the molecule is Cc1ccc(C(=O)c2cccn2C/C=C/C(C=NCCCc2ccccc2C(=O)O)=CN)cc1. The number of carbonyl (C=O) groups is 2. The molecule has 1 aromatic heterocycles. The molecule has 34 heavy (non-hydrogen) atoms. The summed E-state index contributed by atoms with van der Waals surface area (Å²) in [6.07, 6.45) is 10.2. The number of ketones is 1. The Labute approximate surface area is 199 Å². The lowest BCUT2D eigenvalue weighted by Crippen LogP contribution is -2.09. The Hall–Kier alpha value is -4.19. The molecule has 0 fully saturated rings. The number of rotatable bonds is 11. The van der Waals surface area contributed by atoms with E-state index in [4.69, 9.17) is 5.73 Å². The van der Waals surface area contributed by atoms with Crippen LogP contribution in [0.4, 0.5) is 0 Å². The normalized spacial score (nSPS) is 12.0. The van der Waals surface area contributed by atoms with Gasteiger partial charge in [-0.2, -0.15) is 0 Å². The lowest BCUT2D eigenvalue weighted by atomic mass is 10.0. The van der Waals surface area contributed by atoms with Gasteiger partial charge in [0.2, 0.25) is 5.78 Å². The van der Waals surface area contributed by atoms with E-state index in [0.717, 1.165) is 23.1 Å². The molecule has 3 N–H and O–H groups in total. The monoisotopic (exact) mass is 455 g/mol. The van der Waals surface area contributed by atoms with Crippen LogP contribution in [-0.4, -0.2) is 34.2 Å². The molecule has 0 aliphatic heterocycles. The van der Waals surface area contributed by atoms with E-state index in [2.05, 4.69) is 4.99 Å². The molecule has 0 amide bonds. The van der Waals surface area contributed by atoms with Gasteiger partial charge in [-0.25, -0.2) is 4.79 Å². The Kier molecular flexibility index (Phi) is 8.74. The molecular weight excluding hydrogens is 426 g/mol. The maximum Gasteiger partial charge on any atom is 0.335 e. The molecule has 0 atom stereocenters. The van der Waals surface area contributed by atoms with Gasteiger partial charge < -0.3 is 15.4 Å². The number of aliphatic imine (C=N–C) groups is 1. The molecule has 1 heterocycles. The first-order valence-electron chi connectivity index (χ1n) is 11.2. The van der Waals surface area contributed by atoms with Gasteiger partial charge >= 0.3 is 5.97 Å². The van der Waals surface area contributed by atoms with Crippen molar-refractivity contribution < 1.29 is 14.7 Å². The maximum absolute atomic E-state index is 12.8. The summed E-state index contributed by atoms with van der Waals surface area (Å²) in [6.45, 7) is 3.08. The third kappa shape index (κ3) is 6.65. The lowest BCUT2D eigenvalue weighted by Gasteiger charge is -2.06. The number of hydrogen-bond acceptors (Lipinski definition) is 4. The van der Waals surface area contributed by atoms with Crippen LogP contribution in [-0.2, 0) is 13.0 Å². The third-order valence-corrected chi connectivity index (χ3v) is 5.40. The number of carboxylic acid groups (broad SMARTS) is 1. The number of nitrogens with two attached hydrogens (primary N) is 1. The van der Waals surface area contributed by atoms with E-state index in [0.29, 0.717) is 36.3 Å². The minimum atomic E-state index is -0.913. The van der Waals surface area contributed by atoms with Gasteiger partial charge in [-0.1, -0.05) is 60.2 Å². The lowest BCUT2D eigenvalue weighted by molar-refractivity contribution is 0.0695. The van der Waals surface area contributed by atoms with E-state index in [-0.39, 0.29) is 5.78 Å². The third-order valence-electron chi connectivity index (χ3n) is 5.40. The molecule has 2 aromatic carbocycles. The molecular formula is C28H29N3O3. The number of aryl methyl sites for hydroxylation is 2. The summed E-state index contributed by atoms with van der Waals surface area (Å²) >= 11 is 0. The summed E-state index contributed by atoms with van der Waals surface area (Å²) in [4.78, 5) is 28.5. The summed E-state index contributed by atoms with van der Waals surface area (Å²) in [5.74, 6) is -0.928. The Morgan fingerprint density at radius 1 is 1.06 bits per heavy atom. The highest BCUT2D eigenvalue weighted by molar-refractivity contribution is 6.08. The average Bonchev–Trinajstić information content (AvgIpc) is 3.31. The molecule has 0 unspecified atom stereocenters. The molecule has 0 spiro atoms. The second-order valence-electron chi connectivity index (χ2n) is 7.91. The number of aromatic nitrogens is 1. The van der Waals surface area contributed by atoms with Crippen LogP contribution in [0.25, 0.3) is 0 Å². The summed E-state index contributed by atoms with van der Waals surface area (Å²) < 4.78 is 1.89. The molecule has 0 bridgehead atoms. The van der Waals surface area contributed by atoms with E-state index < -0.39 is 5.97 Å². The van der Waals surface area contributed by atoms with Crippen molar-refractivity contribution in [3.63, 3.8) is 0 Å². The Balaban J connectivity index is 1.52. The van der Waals surface area contributed by atoms with Gasteiger partial charge in [0.05, 0.1) is 11.3 Å². The summed E-state index contributed by atoms with van der Waals surface area (Å²) in [6, 6.07) is 18.3. The van der Waals surface area contributed by atoms with Crippen LogP contribution in [0.15, 0.2) is 95.8 Å². The zero-order valence-electron chi connectivity index (χ0n) is 19.2. The van der Waals surface area contributed by atoms with Gasteiger partial charge in [-0.3, -0.25) is 9.79 Å². The molecule has 6 nitrogen and oxygen atoms in total. The topological polar surface area (TPSA) is 97.7 Å². The summed E-state index contributed by atoms with van der Waals surface area (Å²) in [7, 11) is 0. The van der Waals surface area contributed by atoms with Gasteiger partial charge in [0, 0.05) is 42.8 Å². The Bertz CT molecular complexity index is 1220. The zero-order chi connectivity index (χ0) is 24.3. The smallest absolute Gasteiger partial charge is 0.335 e. The molecule has 0 saturated carbocycles. The summed E-state index contributed by atoms with van der Waals surface area (Å²) in [5, 5.41) is 9.26. The minimum absolute atomic E-state index is 0.0148. The average molecular weight is 456 g/mol. The first-order chi connectivity index (χ1) is 16.5. The van der Waals surface area contributed by atoms with Crippen LogP contribution in [0.5, 0.6) is 0 Å². The number of aromatic carboxylic acids is 1. The van der Waals surface area contributed by atoms with Crippen molar-refractivity contribution in [1.29, 1.82) is 0 Å². The van der Waals surface area contributed by atoms with Crippen molar-refractivity contribution in [2.75, 3.05) is 6.54 Å². The highest BCUT2D eigenvalue weighted by Gasteiger charge is 2.12. The number of hydrogen-bond donors (Lipinski definition) is 2. The second-order valence-corrected chi connectivity index (χ2v) is 7.91. The molecule has 0 radical (unpaired) electrons. The number of carbonyl (C=O) groups excluding carboxylic acids is 1. The van der Waals surface area contributed by atoms with Crippen LogP contribution in [0.1, 0.15) is 44.0 Å². The van der Waals surface area contributed by atoms with Gasteiger partial charge in [-0.15, -0.1) is 0 Å². The fourth-order valence-electron chi connectivity index (χ4n) is 3.55. The zero-order valence-corrected chi connectivity index (χ0v) is 19.2. The number of nitrogens with zero attached hydrogens (tertiary/aromatic N) is 2. The van der Waals surface area contributed by atoms with Crippen molar-refractivity contribution in [1.82, 2.24) is 4.57 Å². The summed E-state index contributed by atoms with van der Waals surface area (Å²) in [5.41, 5.74) is 10.0.